The SMILES string of the molecule is COC(OC)c1nc2c(cc1CN(C)CCCC=O)CCCN2C=O. The van der Waals surface area contributed by atoms with Crippen molar-refractivity contribution in [3.05, 3.63) is 22.9 Å². The number of amides is 1. The average molecular weight is 349 g/mol. The lowest BCUT2D eigenvalue weighted by Gasteiger charge is -2.28. The van der Waals surface area contributed by atoms with Gasteiger partial charge in [-0.3, -0.25) is 9.69 Å². The topological polar surface area (TPSA) is 72.0 Å². The van der Waals surface area contributed by atoms with Gasteiger partial charge in [-0.15, -0.1) is 0 Å². The van der Waals surface area contributed by atoms with E-state index in [1.54, 1.807) is 19.1 Å². The molecule has 7 heteroatoms. The van der Waals surface area contributed by atoms with Crippen molar-refractivity contribution >= 4 is 18.5 Å². The van der Waals surface area contributed by atoms with Crippen LogP contribution in [0, 0.1) is 0 Å². The molecule has 0 N–H and O–H groups in total. The van der Waals surface area contributed by atoms with Gasteiger partial charge in [-0.2, -0.15) is 0 Å². The van der Waals surface area contributed by atoms with E-state index in [4.69, 9.17) is 14.5 Å². The number of ether oxygens (including phenoxy) is 2. The fourth-order valence-electron chi connectivity index (χ4n) is 3.15. The molecule has 1 aromatic rings. The highest BCUT2D eigenvalue weighted by Crippen LogP contribution is 2.30. The lowest BCUT2D eigenvalue weighted by atomic mass is 10.0. The first-order valence-electron chi connectivity index (χ1n) is 8.57. The van der Waals surface area contributed by atoms with Gasteiger partial charge < -0.3 is 19.2 Å². The number of pyridine rings is 1. The summed E-state index contributed by atoms with van der Waals surface area (Å²) >= 11 is 0. The minimum atomic E-state index is -0.584. The Morgan fingerprint density at radius 2 is 2.12 bits per heavy atom. The lowest BCUT2D eigenvalue weighted by Crippen LogP contribution is -2.30. The van der Waals surface area contributed by atoms with Crippen LogP contribution in [0.15, 0.2) is 6.07 Å². The first-order valence-corrected chi connectivity index (χ1v) is 8.57. The summed E-state index contributed by atoms with van der Waals surface area (Å²) in [6.45, 7) is 2.18. The number of aromatic nitrogens is 1. The fourth-order valence-corrected chi connectivity index (χ4v) is 3.15. The van der Waals surface area contributed by atoms with Gasteiger partial charge >= 0.3 is 0 Å². The zero-order valence-corrected chi connectivity index (χ0v) is 15.2. The van der Waals surface area contributed by atoms with Crippen molar-refractivity contribution in [2.75, 3.05) is 39.3 Å². The largest absolute Gasteiger partial charge is 0.350 e. The van der Waals surface area contributed by atoms with Crippen molar-refractivity contribution in [3.8, 4) is 0 Å². The molecule has 0 fully saturated rings. The molecule has 1 aliphatic rings. The standard InChI is InChI=1S/C18H27N3O4/c1-20(8-4-5-10-22)12-15-11-14-7-6-9-21(13-23)17(14)19-16(15)18(24-2)25-3/h10-11,13,18H,4-9,12H2,1-3H3. The third-order valence-electron chi connectivity index (χ3n) is 4.39. The van der Waals surface area contributed by atoms with E-state index in [-0.39, 0.29) is 0 Å². The molecule has 25 heavy (non-hydrogen) atoms. The van der Waals surface area contributed by atoms with E-state index < -0.39 is 6.29 Å². The molecule has 1 aliphatic heterocycles. The van der Waals surface area contributed by atoms with Crippen LogP contribution in [0.3, 0.4) is 0 Å². The highest BCUT2D eigenvalue weighted by molar-refractivity contribution is 5.75. The number of hydrogen-bond acceptors (Lipinski definition) is 6. The Balaban J connectivity index is 2.32. The molecule has 0 radical (unpaired) electrons. The summed E-state index contributed by atoms with van der Waals surface area (Å²) in [6.07, 6.45) is 4.41. The second kappa shape index (κ2) is 9.60. The van der Waals surface area contributed by atoms with E-state index in [0.717, 1.165) is 49.6 Å². The highest BCUT2D eigenvalue weighted by Gasteiger charge is 2.24. The number of carbonyl (C=O) groups is 2. The van der Waals surface area contributed by atoms with Crippen molar-refractivity contribution in [1.29, 1.82) is 0 Å². The number of carbonyl (C=O) groups excluding carboxylic acids is 2. The third kappa shape index (κ3) is 4.84. The Bertz CT molecular complexity index is 590. The predicted molar refractivity (Wildman–Crippen MR) is 94.4 cm³/mol. The summed E-state index contributed by atoms with van der Waals surface area (Å²) in [6, 6.07) is 2.11. The minimum Gasteiger partial charge on any atom is -0.350 e. The molecule has 0 aliphatic carbocycles. The number of aldehydes is 1. The lowest BCUT2D eigenvalue weighted by molar-refractivity contribution is -0.110. The molecule has 1 amide bonds. The molecule has 2 heterocycles. The first kappa shape index (κ1) is 19.5. The predicted octanol–water partition coefficient (Wildman–Crippen LogP) is 1.69. The van der Waals surface area contributed by atoms with E-state index in [9.17, 15) is 9.59 Å². The maximum Gasteiger partial charge on any atom is 0.215 e. The molecule has 0 saturated carbocycles. The molecule has 2 rings (SSSR count). The number of rotatable bonds is 10. The summed E-state index contributed by atoms with van der Waals surface area (Å²) < 4.78 is 10.8. The Hall–Kier alpha value is -1.83. The Kier molecular flexibility index (Phi) is 7.49. The number of aryl methyl sites for hydroxylation is 1. The van der Waals surface area contributed by atoms with Crippen molar-refractivity contribution < 1.29 is 19.1 Å². The maximum absolute atomic E-state index is 11.3. The van der Waals surface area contributed by atoms with E-state index in [1.807, 2.05) is 7.05 Å². The molecular formula is C18H27N3O4. The van der Waals surface area contributed by atoms with Crippen LogP contribution in [0.25, 0.3) is 0 Å². The molecule has 0 spiro atoms. The second-order valence-electron chi connectivity index (χ2n) is 6.27. The van der Waals surface area contributed by atoms with Crippen LogP contribution in [0.1, 0.15) is 42.4 Å². The first-order chi connectivity index (χ1) is 12.1. The molecule has 0 saturated heterocycles. The van der Waals surface area contributed by atoms with E-state index in [1.165, 1.54) is 0 Å². The highest BCUT2D eigenvalue weighted by atomic mass is 16.7. The average Bonchev–Trinajstić information content (AvgIpc) is 2.62. The monoisotopic (exact) mass is 349 g/mol. The van der Waals surface area contributed by atoms with Gasteiger partial charge in [-0.1, -0.05) is 0 Å². The molecule has 138 valence electrons. The molecule has 0 unspecified atom stereocenters. The van der Waals surface area contributed by atoms with Crippen LogP contribution < -0.4 is 4.90 Å². The number of nitrogens with zero attached hydrogens (tertiary/aromatic N) is 3. The smallest absolute Gasteiger partial charge is 0.215 e. The molecule has 7 nitrogen and oxygen atoms in total. The molecule has 0 aromatic carbocycles. The zero-order chi connectivity index (χ0) is 18.2. The van der Waals surface area contributed by atoms with Crippen LogP contribution in [-0.2, 0) is 32.0 Å². The molecule has 1 aromatic heterocycles. The van der Waals surface area contributed by atoms with Gasteiger partial charge in [0.25, 0.3) is 0 Å². The quantitative estimate of drug-likeness (QED) is 0.364. The number of anilines is 1. The van der Waals surface area contributed by atoms with Gasteiger partial charge in [-0.05, 0) is 50.0 Å². The minimum absolute atomic E-state index is 0.562. The summed E-state index contributed by atoms with van der Waals surface area (Å²) in [5, 5.41) is 0. The van der Waals surface area contributed by atoms with E-state index in [0.29, 0.717) is 31.0 Å². The normalized spacial score (nSPS) is 14.0. The Morgan fingerprint density at radius 3 is 2.76 bits per heavy atom. The summed E-state index contributed by atoms with van der Waals surface area (Å²) in [5.41, 5.74) is 2.79. The van der Waals surface area contributed by atoms with E-state index >= 15 is 0 Å². The van der Waals surface area contributed by atoms with E-state index in [2.05, 4.69) is 11.0 Å². The van der Waals surface area contributed by atoms with Crippen LogP contribution >= 0.6 is 0 Å². The number of unbranched alkanes of at least 4 members (excludes halogenated alkanes) is 1. The fraction of sp³-hybridized carbons (Fsp3) is 0.611. The second-order valence-corrected chi connectivity index (χ2v) is 6.27. The summed E-state index contributed by atoms with van der Waals surface area (Å²) in [5.74, 6) is 0.697. The van der Waals surface area contributed by atoms with Gasteiger partial charge in [0.05, 0.1) is 0 Å². The molecule has 0 bridgehead atoms. The number of methoxy groups -OCH3 is 2. The van der Waals surface area contributed by atoms with Gasteiger partial charge in [-0.25, -0.2) is 4.98 Å². The van der Waals surface area contributed by atoms with Crippen molar-refractivity contribution in [2.45, 2.75) is 38.5 Å². The molecular weight excluding hydrogens is 322 g/mol. The van der Waals surface area contributed by atoms with Crippen molar-refractivity contribution in [1.82, 2.24) is 9.88 Å². The summed E-state index contributed by atoms with van der Waals surface area (Å²) in [7, 11) is 5.16. The van der Waals surface area contributed by atoms with Crippen LogP contribution in [0.2, 0.25) is 0 Å². The van der Waals surface area contributed by atoms with Crippen molar-refractivity contribution in [2.24, 2.45) is 0 Å². The molecule has 0 atom stereocenters. The Morgan fingerprint density at radius 1 is 1.36 bits per heavy atom. The van der Waals surface area contributed by atoms with Crippen LogP contribution in [-0.4, -0.2) is 56.9 Å². The van der Waals surface area contributed by atoms with Crippen molar-refractivity contribution in [3.63, 3.8) is 0 Å². The van der Waals surface area contributed by atoms with Gasteiger partial charge in [0, 0.05) is 33.7 Å². The van der Waals surface area contributed by atoms with Crippen LogP contribution in [0.4, 0.5) is 5.82 Å². The van der Waals surface area contributed by atoms with Gasteiger partial charge in [0.2, 0.25) is 12.7 Å². The number of fused-ring (bicyclic) bond motifs is 1. The summed E-state index contributed by atoms with van der Waals surface area (Å²) in [4.78, 5) is 30.3. The Labute approximate surface area is 148 Å². The maximum atomic E-state index is 11.3. The zero-order valence-electron chi connectivity index (χ0n) is 15.2. The van der Waals surface area contributed by atoms with Crippen LogP contribution in [0.5, 0.6) is 0 Å². The van der Waals surface area contributed by atoms with Gasteiger partial charge in [0.15, 0.2) is 0 Å². The van der Waals surface area contributed by atoms with Gasteiger partial charge in [0.1, 0.15) is 17.8 Å². The number of hydrogen-bond donors (Lipinski definition) is 0. The third-order valence-corrected chi connectivity index (χ3v) is 4.39.